The van der Waals surface area contributed by atoms with Gasteiger partial charge >= 0.3 is 0 Å². The van der Waals surface area contributed by atoms with Gasteiger partial charge in [-0.3, -0.25) is 0 Å². The molecule has 1 nitrogen and oxygen atoms in total. The molecule has 0 spiro atoms. The lowest BCUT2D eigenvalue weighted by atomic mass is 10.0. The maximum absolute atomic E-state index is 3.63. The molecule has 0 amide bonds. The van der Waals surface area contributed by atoms with Crippen molar-refractivity contribution in [1.82, 2.24) is 0 Å². The highest BCUT2D eigenvalue weighted by Gasteiger charge is 2.09. The van der Waals surface area contributed by atoms with Crippen molar-refractivity contribution < 1.29 is 0 Å². The average molecular weight is 428 g/mol. The molecule has 0 aliphatic carbocycles. The van der Waals surface area contributed by atoms with Crippen molar-refractivity contribution in [2.45, 2.75) is 0 Å². The predicted molar refractivity (Wildman–Crippen MR) is 140 cm³/mol. The number of anilines is 2. The summed E-state index contributed by atoms with van der Waals surface area (Å²) in [5, 5.41) is 6.26. The van der Waals surface area contributed by atoms with E-state index in [1.165, 1.54) is 42.4 Å². The molecule has 0 radical (unpaired) electrons. The van der Waals surface area contributed by atoms with Crippen LogP contribution in [0.2, 0.25) is 0 Å². The van der Waals surface area contributed by atoms with Crippen LogP contribution < -0.4 is 5.32 Å². The number of rotatable bonds is 4. The fourth-order valence-corrected chi connectivity index (χ4v) is 5.40. The first-order chi connectivity index (χ1) is 15.8. The highest BCUT2D eigenvalue weighted by molar-refractivity contribution is 7.26. The first-order valence-electron chi connectivity index (χ1n) is 10.8. The van der Waals surface area contributed by atoms with Crippen molar-refractivity contribution in [3.8, 4) is 22.3 Å². The van der Waals surface area contributed by atoms with Gasteiger partial charge in [-0.15, -0.1) is 11.3 Å². The zero-order chi connectivity index (χ0) is 21.3. The second-order valence-corrected chi connectivity index (χ2v) is 8.98. The Labute approximate surface area is 191 Å². The molecule has 0 bridgehead atoms. The zero-order valence-electron chi connectivity index (χ0n) is 17.5. The molecule has 0 saturated carbocycles. The van der Waals surface area contributed by atoms with Gasteiger partial charge in [0.1, 0.15) is 0 Å². The molecule has 1 heterocycles. The first-order valence-corrected chi connectivity index (χ1v) is 11.6. The third-order valence-electron chi connectivity index (χ3n) is 5.89. The van der Waals surface area contributed by atoms with Crippen LogP contribution in [0.3, 0.4) is 0 Å². The highest BCUT2D eigenvalue weighted by Crippen LogP contribution is 2.39. The van der Waals surface area contributed by atoms with Crippen molar-refractivity contribution in [1.29, 1.82) is 0 Å². The van der Waals surface area contributed by atoms with Gasteiger partial charge in [0, 0.05) is 21.2 Å². The van der Waals surface area contributed by atoms with Crippen LogP contribution in [0, 0.1) is 0 Å². The van der Waals surface area contributed by atoms with Crippen LogP contribution in [0.5, 0.6) is 0 Å². The minimum atomic E-state index is 1.10. The molecule has 0 atom stereocenters. The van der Waals surface area contributed by atoms with Crippen LogP contribution in [0.1, 0.15) is 0 Å². The maximum Gasteiger partial charge on any atom is 0.0590 e. The van der Waals surface area contributed by atoms with E-state index in [1.807, 2.05) is 11.3 Å². The number of benzene rings is 5. The summed E-state index contributed by atoms with van der Waals surface area (Å²) in [7, 11) is 0. The van der Waals surface area contributed by atoms with Crippen molar-refractivity contribution in [2.24, 2.45) is 0 Å². The van der Waals surface area contributed by atoms with Gasteiger partial charge in [-0.25, -0.2) is 0 Å². The second kappa shape index (κ2) is 7.99. The smallest absolute Gasteiger partial charge is 0.0590 e. The molecule has 0 aliphatic rings. The Morgan fingerprint density at radius 2 is 1.00 bits per heavy atom. The summed E-state index contributed by atoms with van der Waals surface area (Å²) in [5.74, 6) is 0. The monoisotopic (exact) mass is 427 g/mol. The topological polar surface area (TPSA) is 12.0 Å². The number of nitrogens with one attached hydrogen (secondary N) is 1. The van der Waals surface area contributed by atoms with E-state index < -0.39 is 0 Å². The van der Waals surface area contributed by atoms with Crippen LogP contribution in [0.15, 0.2) is 121 Å². The van der Waals surface area contributed by atoms with E-state index in [0.29, 0.717) is 0 Å². The summed E-state index contributed by atoms with van der Waals surface area (Å²) in [6.07, 6.45) is 0. The number of hydrogen-bond donors (Lipinski definition) is 1. The summed E-state index contributed by atoms with van der Waals surface area (Å²) in [6.45, 7) is 0. The minimum absolute atomic E-state index is 1.10. The molecule has 1 N–H and O–H groups in total. The summed E-state index contributed by atoms with van der Waals surface area (Å²) in [5.41, 5.74) is 7.18. The second-order valence-electron chi connectivity index (χ2n) is 7.93. The van der Waals surface area contributed by atoms with Crippen LogP contribution >= 0.6 is 11.3 Å². The quantitative estimate of drug-likeness (QED) is 0.296. The van der Waals surface area contributed by atoms with Crippen molar-refractivity contribution in [3.05, 3.63) is 121 Å². The van der Waals surface area contributed by atoms with E-state index in [0.717, 1.165) is 11.4 Å². The third-order valence-corrected chi connectivity index (χ3v) is 7.11. The van der Waals surface area contributed by atoms with Crippen LogP contribution in [0.4, 0.5) is 11.4 Å². The Morgan fingerprint density at radius 3 is 1.72 bits per heavy atom. The van der Waals surface area contributed by atoms with Gasteiger partial charge in [0.15, 0.2) is 0 Å². The number of thiophene rings is 1. The van der Waals surface area contributed by atoms with E-state index in [-0.39, 0.29) is 0 Å². The van der Waals surface area contributed by atoms with Crippen molar-refractivity contribution in [3.63, 3.8) is 0 Å². The maximum atomic E-state index is 3.63. The summed E-state index contributed by atoms with van der Waals surface area (Å²) < 4.78 is 2.63. The molecule has 1 aromatic heterocycles. The van der Waals surface area contributed by atoms with Gasteiger partial charge in [-0.1, -0.05) is 97.1 Å². The van der Waals surface area contributed by atoms with Crippen molar-refractivity contribution in [2.75, 3.05) is 5.32 Å². The Hall–Kier alpha value is -3.88. The van der Waals surface area contributed by atoms with E-state index >= 15 is 0 Å². The van der Waals surface area contributed by atoms with Gasteiger partial charge in [0.25, 0.3) is 0 Å². The minimum Gasteiger partial charge on any atom is -0.354 e. The Morgan fingerprint density at radius 1 is 0.438 bits per heavy atom. The van der Waals surface area contributed by atoms with Crippen LogP contribution in [-0.4, -0.2) is 0 Å². The molecular weight excluding hydrogens is 406 g/mol. The van der Waals surface area contributed by atoms with Gasteiger partial charge in [-0.05, 0) is 46.5 Å². The third kappa shape index (κ3) is 3.45. The van der Waals surface area contributed by atoms with Gasteiger partial charge < -0.3 is 5.32 Å². The van der Waals surface area contributed by atoms with E-state index in [1.54, 1.807) is 0 Å². The summed E-state index contributed by atoms with van der Waals surface area (Å²) in [6, 6.07) is 43.1. The zero-order valence-corrected chi connectivity index (χ0v) is 18.3. The van der Waals surface area contributed by atoms with Crippen LogP contribution in [0.25, 0.3) is 42.4 Å². The molecule has 6 rings (SSSR count). The SMILES string of the molecule is c1ccc(-c2ccc(-c3ccc(Nc4cccc5c4sc4ccccc45)cc3)cc2)cc1. The molecule has 0 saturated heterocycles. The van der Waals surface area contributed by atoms with Crippen molar-refractivity contribution >= 4 is 42.9 Å². The lowest BCUT2D eigenvalue weighted by Crippen LogP contribution is -1.90. The molecule has 0 fully saturated rings. The molecule has 0 aliphatic heterocycles. The van der Waals surface area contributed by atoms with E-state index in [2.05, 4.69) is 127 Å². The van der Waals surface area contributed by atoms with Gasteiger partial charge in [0.05, 0.1) is 10.4 Å². The number of fused-ring (bicyclic) bond motifs is 3. The molecule has 0 unspecified atom stereocenters. The molecule has 5 aromatic carbocycles. The lowest BCUT2D eigenvalue weighted by molar-refractivity contribution is 1.56. The fraction of sp³-hybridized carbons (Fsp3) is 0. The predicted octanol–water partition coefficient (Wildman–Crippen LogP) is 9.13. The highest BCUT2D eigenvalue weighted by atomic mass is 32.1. The standard InChI is InChI=1S/C30H21NS/c1-2-7-21(8-3-1)22-13-15-23(16-14-22)24-17-19-25(20-18-24)31-28-11-6-10-27-26-9-4-5-12-29(26)32-30(27)28/h1-20,31H. The van der Waals surface area contributed by atoms with E-state index in [4.69, 9.17) is 0 Å². The number of hydrogen-bond acceptors (Lipinski definition) is 2. The Bertz CT molecular complexity index is 1510. The normalized spacial score (nSPS) is 11.1. The molecule has 6 aromatic rings. The first kappa shape index (κ1) is 18.9. The molecular formula is C30H21NS. The lowest BCUT2D eigenvalue weighted by Gasteiger charge is -2.09. The summed E-state index contributed by atoms with van der Waals surface area (Å²) >= 11 is 1.84. The van der Waals surface area contributed by atoms with Crippen LogP contribution in [-0.2, 0) is 0 Å². The molecule has 152 valence electrons. The van der Waals surface area contributed by atoms with E-state index in [9.17, 15) is 0 Å². The van der Waals surface area contributed by atoms with Gasteiger partial charge in [0.2, 0.25) is 0 Å². The largest absolute Gasteiger partial charge is 0.354 e. The average Bonchev–Trinajstić information content (AvgIpc) is 3.25. The van der Waals surface area contributed by atoms with Gasteiger partial charge in [-0.2, -0.15) is 0 Å². The fourth-order valence-electron chi connectivity index (χ4n) is 4.23. The molecule has 2 heteroatoms. The Balaban J connectivity index is 1.27. The summed E-state index contributed by atoms with van der Waals surface area (Å²) in [4.78, 5) is 0. The Kier molecular flexibility index (Phi) is 4.71. The molecule has 32 heavy (non-hydrogen) atoms.